The van der Waals surface area contributed by atoms with Crippen molar-refractivity contribution in [2.45, 2.75) is 0 Å². The van der Waals surface area contributed by atoms with Gasteiger partial charge >= 0.3 is 0 Å². The molecule has 9 aromatic heterocycles. The predicted octanol–water partition coefficient (Wildman–Crippen LogP) is 6.41. The van der Waals surface area contributed by atoms with Gasteiger partial charge in [-0.1, -0.05) is 18.2 Å². The summed E-state index contributed by atoms with van der Waals surface area (Å²) < 4.78 is 3.77. The van der Waals surface area contributed by atoms with Crippen LogP contribution >= 0.6 is 0 Å². The molecule has 0 saturated carbocycles. The first-order valence-electron chi connectivity index (χ1n) is 14.6. The third-order valence-corrected chi connectivity index (χ3v) is 8.31. The summed E-state index contributed by atoms with van der Waals surface area (Å²) in [5.41, 5.74) is 5.11. The van der Waals surface area contributed by atoms with Crippen molar-refractivity contribution in [2.75, 3.05) is 0 Å². The van der Waals surface area contributed by atoms with E-state index in [4.69, 9.17) is 39.9 Å². The Morgan fingerprint density at radius 1 is 0.370 bits per heavy atom. The molecule has 0 unspecified atom stereocenters. The Labute approximate surface area is 259 Å². The highest BCUT2D eigenvalue weighted by Gasteiger charge is 2.23. The fourth-order valence-corrected chi connectivity index (χ4v) is 6.34. The zero-order chi connectivity index (χ0) is 30.2. The standard InChI is InChI=1S/C35H19N11/c1-6-20-11-12-21-22(13-19-37-28(21)27(20)36-14-1)29-42-34(45-30-23(7-2-15-38-30)24-8-3-16-39-31(24)45)44-35(43-29)46-32-25(9-4-17-40-32)26-10-5-18-41-33(26)46/h1-19H. The first-order valence-corrected chi connectivity index (χ1v) is 14.6. The number of fused-ring (bicyclic) bond motifs is 9. The van der Waals surface area contributed by atoms with Gasteiger partial charge in [0.05, 0.1) is 11.0 Å². The summed E-state index contributed by atoms with van der Waals surface area (Å²) in [6, 6.07) is 25.7. The maximum absolute atomic E-state index is 5.10. The predicted molar refractivity (Wildman–Crippen MR) is 176 cm³/mol. The van der Waals surface area contributed by atoms with Crippen molar-refractivity contribution < 1.29 is 0 Å². The van der Waals surface area contributed by atoms with Crippen LogP contribution in [0.15, 0.2) is 116 Å². The van der Waals surface area contributed by atoms with Crippen molar-refractivity contribution in [3.63, 3.8) is 0 Å². The van der Waals surface area contributed by atoms with E-state index in [1.54, 1.807) is 37.2 Å². The van der Waals surface area contributed by atoms with E-state index in [-0.39, 0.29) is 0 Å². The van der Waals surface area contributed by atoms with Crippen LogP contribution in [0.5, 0.6) is 0 Å². The Bertz CT molecular complexity index is 2600. The van der Waals surface area contributed by atoms with Gasteiger partial charge in [-0.3, -0.25) is 9.97 Å². The van der Waals surface area contributed by atoms with E-state index in [0.717, 1.165) is 48.9 Å². The van der Waals surface area contributed by atoms with Crippen LogP contribution in [0.3, 0.4) is 0 Å². The average Bonchev–Trinajstić information content (AvgIpc) is 3.64. The first kappa shape index (κ1) is 24.7. The van der Waals surface area contributed by atoms with Gasteiger partial charge in [0.2, 0.25) is 11.9 Å². The molecule has 0 radical (unpaired) electrons. The van der Waals surface area contributed by atoms with Crippen molar-refractivity contribution in [3.8, 4) is 23.3 Å². The average molecular weight is 594 g/mol. The molecule has 0 saturated heterocycles. The molecule has 0 spiro atoms. The van der Waals surface area contributed by atoms with Gasteiger partial charge in [0.1, 0.15) is 22.6 Å². The van der Waals surface area contributed by atoms with Crippen LogP contribution in [0.1, 0.15) is 0 Å². The number of aromatic nitrogens is 11. The molecule has 9 heterocycles. The molecular weight excluding hydrogens is 574 g/mol. The molecule has 10 rings (SSSR count). The van der Waals surface area contributed by atoms with Crippen molar-refractivity contribution >= 4 is 65.9 Å². The van der Waals surface area contributed by atoms with Gasteiger partial charge in [0.25, 0.3) is 0 Å². The summed E-state index contributed by atoms with van der Waals surface area (Å²) >= 11 is 0. The third kappa shape index (κ3) is 3.44. The summed E-state index contributed by atoms with van der Waals surface area (Å²) in [4.78, 5) is 43.6. The van der Waals surface area contributed by atoms with E-state index in [2.05, 4.69) is 4.98 Å². The number of benzene rings is 1. The van der Waals surface area contributed by atoms with Crippen molar-refractivity contribution in [2.24, 2.45) is 0 Å². The van der Waals surface area contributed by atoms with Crippen LogP contribution in [-0.4, -0.2) is 54.0 Å². The van der Waals surface area contributed by atoms with Crippen LogP contribution < -0.4 is 0 Å². The van der Waals surface area contributed by atoms with E-state index < -0.39 is 0 Å². The lowest BCUT2D eigenvalue weighted by Gasteiger charge is -2.12. The van der Waals surface area contributed by atoms with Crippen LogP contribution in [0.4, 0.5) is 0 Å². The molecule has 0 aliphatic heterocycles. The summed E-state index contributed by atoms with van der Waals surface area (Å²) in [6.45, 7) is 0. The topological polar surface area (TPSA) is 126 Å². The lowest BCUT2D eigenvalue weighted by atomic mass is 10.1. The van der Waals surface area contributed by atoms with E-state index in [1.165, 1.54) is 0 Å². The van der Waals surface area contributed by atoms with E-state index in [1.807, 2.05) is 88.0 Å². The zero-order valence-corrected chi connectivity index (χ0v) is 23.9. The maximum Gasteiger partial charge on any atom is 0.242 e. The molecule has 214 valence electrons. The molecule has 0 aliphatic carbocycles. The van der Waals surface area contributed by atoms with Crippen molar-refractivity contribution in [3.05, 3.63) is 116 Å². The second-order valence-corrected chi connectivity index (χ2v) is 10.8. The highest BCUT2D eigenvalue weighted by molar-refractivity contribution is 6.09. The third-order valence-electron chi connectivity index (χ3n) is 8.31. The van der Waals surface area contributed by atoms with Crippen molar-refractivity contribution in [1.29, 1.82) is 0 Å². The number of pyridine rings is 6. The largest absolute Gasteiger partial charge is 0.254 e. The Morgan fingerprint density at radius 2 is 0.848 bits per heavy atom. The minimum atomic E-state index is 0.364. The highest BCUT2D eigenvalue weighted by Crippen LogP contribution is 2.34. The molecule has 11 nitrogen and oxygen atoms in total. The summed E-state index contributed by atoms with van der Waals surface area (Å²) in [5, 5.41) is 5.65. The fourth-order valence-electron chi connectivity index (χ4n) is 6.34. The van der Waals surface area contributed by atoms with Crippen LogP contribution in [0.2, 0.25) is 0 Å². The minimum Gasteiger partial charge on any atom is -0.254 e. The van der Waals surface area contributed by atoms with Gasteiger partial charge < -0.3 is 0 Å². The van der Waals surface area contributed by atoms with Crippen LogP contribution in [0, 0.1) is 0 Å². The number of hydrogen-bond donors (Lipinski definition) is 0. The van der Waals surface area contributed by atoms with Crippen LogP contribution in [-0.2, 0) is 0 Å². The van der Waals surface area contributed by atoms with Gasteiger partial charge in [0.15, 0.2) is 5.82 Å². The SMILES string of the molecule is c1cnc2c(c1)ccc1c(-c3nc(-n4c5ncccc5c5cccnc54)nc(-n4c5ncccc5c5cccnc54)n3)ccnc12. The highest BCUT2D eigenvalue weighted by atomic mass is 15.3. The normalized spacial score (nSPS) is 11.9. The molecule has 1 aromatic carbocycles. The van der Waals surface area contributed by atoms with Gasteiger partial charge in [0, 0.05) is 75.1 Å². The molecule has 0 fully saturated rings. The van der Waals surface area contributed by atoms with Gasteiger partial charge in [-0.15, -0.1) is 0 Å². The zero-order valence-electron chi connectivity index (χ0n) is 23.9. The molecule has 11 heteroatoms. The molecule has 0 N–H and O–H groups in total. The Balaban J connectivity index is 1.35. The summed E-state index contributed by atoms with van der Waals surface area (Å²) in [5.74, 6) is 1.18. The number of rotatable bonds is 3. The first-order chi connectivity index (χ1) is 22.8. The second kappa shape index (κ2) is 9.37. The van der Waals surface area contributed by atoms with Gasteiger partial charge in [-0.05, 0) is 60.7 Å². The number of hydrogen-bond acceptors (Lipinski definition) is 9. The minimum absolute atomic E-state index is 0.364. The van der Waals surface area contributed by atoms with E-state index in [0.29, 0.717) is 40.3 Å². The fraction of sp³-hybridized carbons (Fsp3) is 0. The Kier molecular flexibility index (Phi) is 5.03. The Morgan fingerprint density at radius 3 is 1.39 bits per heavy atom. The lowest BCUT2D eigenvalue weighted by Crippen LogP contribution is -2.11. The summed E-state index contributed by atoms with van der Waals surface area (Å²) in [6.07, 6.45) is 10.6. The molecule has 46 heavy (non-hydrogen) atoms. The Hall–Kier alpha value is -6.75. The quantitative estimate of drug-likeness (QED) is 0.214. The van der Waals surface area contributed by atoms with E-state index >= 15 is 0 Å². The second-order valence-electron chi connectivity index (χ2n) is 10.8. The van der Waals surface area contributed by atoms with E-state index in [9.17, 15) is 0 Å². The molecular formula is C35H19N11. The number of nitrogens with zero attached hydrogens (tertiary/aromatic N) is 11. The van der Waals surface area contributed by atoms with Crippen LogP contribution in [0.25, 0.3) is 89.2 Å². The monoisotopic (exact) mass is 593 g/mol. The summed E-state index contributed by atoms with van der Waals surface area (Å²) in [7, 11) is 0. The van der Waals surface area contributed by atoms with Gasteiger partial charge in [-0.25, -0.2) is 29.1 Å². The molecule has 0 amide bonds. The molecule has 0 bridgehead atoms. The lowest BCUT2D eigenvalue weighted by molar-refractivity contribution is 0.875. The smallest absolute Gasteiger partial charge is 0.242 e. The maximum atomic E-state index is 5.10. The molecule has 0 atom stereocenters. The van der Waals surface area contributed by atoms with Gasteiger partial charge in [-0.2, -0.15) is 15.0 Å². The molecule has 10 aromatic rings. The van der Waals surface area contributed by atoms with Crippen molar-refractivity contribution in [1.82, 2.24) is 54.0 Å². The molecule has 0 aliphatic rings.